The van der Waals surface area contributed by atoms with Crippen LogP contribution in [0, 0.1) is 0 Å². The van der Waals surface area contributed by atoms with Crippen LogP contribution >= 0.6 is 0 Å². The van der Waals surface area contributed by atoms with Crippen LogP contribution < -0.4 is 11.5 Å². The molecule has 0 aliphatic carbocycles. The molecule has 6 heteroatoms. The molecule has 0 saturated carbocycles. The highest BCUT2D eigenvalue weighted by molar-refractivity contribution is 5.77. The molecule has 0 radical (unpaired) electrons. The molecule has 0 aliphatic heterocycles. The molecule has 0 aromatic rings. The number of esters is 2. The number of rotatable bonds is 5. The van der Waals surface area contributed by atoms with Gasteiger partial charge in [-0.3, -0.25) is 15.3 Å². The van der Waals surface area contributed by atoms with Crippen LogP contribution in [0.4, 0.5) is 0 Å². The maximum Gasteiger partial charge on any atom is 0.324 e. The molecular formula is C10H20N2O4. The third-order valence-electron chi connectivity index (χ3n) is 1.61. The first-order chi connectivity index (χ1) is 7.26. The van der Waals surface area contributed by atoms with Gasteiger partial charge in [0.15, 0.2) is 0 Å². The average Bonchev–Trinajstić information content (AvgIpc) is 2.11. The molecule has 0 heterocycles. The van der Waals surface area contributed by atoms with E-state index in [0.29, 0.717) is 0 Å². The summed E-state index contributed by atoms with van der Waals surface area (Å²) in [6.45, 7) is 5.10. The van der Waals surface area contributed by atoms with Crippen LogP contribution in [-0.4, -0.2) is 30.3 Å². The second kappa shape index (κ2) is 6.44. The van der Waals surface area contributed by atoms with E-state index < -0.39 is 17.6 Å². The molecule has 0 spiro atoms. The Bertz CT molecular complexity index is 248. The lowest BCUT2D eigenvalue weighted by molar-refractivity contribution is -0.155. The molecule has 0 saturated heterocycles. The number of carbonyl (C=O) groups excluding carboxylic acids is 2. The van der Waals surface area contributed by atoms with Crippen molar-refractivity contribution >= 4 is 11.9 Å². The number of hydrogen-bond acceptors (Lipinski definition) is 6. The van der Waals surface area contributed by atoms with Crippen LogP contribution in [0.3, 0.4) is 0 Å². The maximum atomic E-state index is 11.3. The highest BCUT2D eigenvalue weighted by Crippen LogP contribution is 2.09. The van der Waals surface area contributed by atoms with Gasteiger partial charge in [-0.2, -0.15) is 0 Å². The lowest BCUT2D eigenvalue weighted by Gasteiger charge is -2.19. The molecule has 94 valence electrons. The van der Waals surface area contributed by atoms with Crippen LogP contribution in [0.2, 0.25) is 0 Å². The van der Waals surface area contributed by atoms with Gasteiger partial charge in [0, 0.05) is 6.42 Å². The van der Waals surface area contributed by atoms with E-state index in [1.807, 2.05) is 0 Å². The summed E-state index contributed by atoms with van der Waals surface area (Å²) in [6, 6.07) is -0.837. The molecule has 0 fully saturated rings. The van der Waals surface area contributed by atoms with E-state index >= 15 is 0 Å². The smallest absolute Gasteiger partial charge is 0.324 e. The largest absolute Gasteiger partial charge is 0.460 e. The van der Waals surface area contributed by atoms with E-state index in [4.69, 9.17) is 16.2 Å². The van der Waals surface area contributed by atoms with E-state index in [1.54, 1.807) is 20.8 Å². The summed E-state index contributed by atoms with van der Waals surface area (Å²) in [6.07, 6.45) is 0.270. The molecule has 1 atom stereocenters. The Morgan fingerprint density at radius 3 is 2.31 bits per heavy atom. The minimum atomic E-state index is -0.837. The van der Waals surface area contributed by atoms with Crippen LogP contribution in [0.1, 0.15) is 33.6 Å². The number of nitrogens with two attached hydrogens (primary N) is 2. The van der Waals surface area contributed by atoms with Crippen molar-refractivity contribution in [3.8, 4) is 0 Å². The van der Waals surface area contributed by atoms with Gasteiger partial charge in [-0.15, -0.1) is 0 Å². The van der Waals surface area contributed by atoms with Crippen LogP contribution in [0.5, 0.6) is 0 Å². The summed E-state index contributed by atoms with van der Waals surface area (Å²) < 4.78 is 9.56. The van der Waals surface area contributed by atoms with Gasteiger partial charge < -0.3 is 15.2 Å². The lowest BCUT2D eigenvalue weighted by atomic mass is 10.1. The first-order valence-electron chi connectivity index (χ1n) is 5.10. The summed E-state index contributed by atoms with van der Waals surface area (Å²) in [5.74, 6) is -0.991. The highest BCUT2D eigenvalue weighted by Gasteiger charge is 2.20. The van der Waals surface area contributed by atoms with Gasteiger partial charge in [0.2, 0.25) is 0 Å². The van der Waals surface area contributed by atoms with Gasteiger partial charge in [0.05, 0.1) is 0 Å². The Balaban J connectivity index is 3.88. The molecule has 0 bridgehead atoms. The van der Waals surface area contributed by atoms with E-state index in [1.165, 1.54) is 0 Å². The minimum absolute atomic E-state index is 0.0815. The molecule has 0 aliphatic rings. The Kier molecular flexibility index (Phi) is 5.98. The molecule has 6 nitrogen and oxygen atoms in total. The summed E-state index contributed by atoms with van der Waals surface area (Å²) in [5.41, 5.74) is 9.96. The fourth-order valence-corrected chi connectivity index (χ4v) is 0.973. The standard InChI is InChI=1S/C10H20N2O4/c1-10(2,3)16-8(13)5-4-7(12)9(14)15-6-11/h7H,4-6,11-12H2,1-3H3. The van der Waals surface area contributed by atoms with Crippen molar-refractivity contribution in [1.29, 1.82) is 0 Å². The van der Waals surface area contributed by atoms with E-state index in [9.17, 15) is 9.59 Å². The van der Waals surface area contributed by atoms with Crippen molar-refractivity contribution < 1.29 is 19.1 Å². The van der Waals surface area contributed by atoms with Gasteiger partial charge in [0.25, 0.3) is 0 Å². The molecule has 4 N–H and O–H groups in total. The second-order valence-electron chi connectivity index (χ2n) is 4.36. The van der Waals surface area contributed by atoms with E-state index in [0.717, 1.165) is 0 Å². The zero-order chi connectivity index (χ0) is 12.8. The fraction of sp³-hybridized carbons (Fsp3) is 0.800. The quantitative estimate of drug-likeness (QED) is 0.506. The van der Waals surface area contributed by atoms with Gasteiger partial charge in [-0.25, -0.2) is 0 Å². The SMILES string of the molecule is CC(C)(C)OC(=O)CCC(N)C(=O)OCN. The predicted molar refractivity (Wildman–Crippen MR) is 58.2 cm³/mol. The highest BCUT2D eigenvalue weighted by atomic mass is 16.6. The Morgan fingerprint density at radius 1 is 1.31 bits per heavy atom. The topological polar surface area (TPSA) is 105 Å². The zero-order valence-corrected chi connectivity index (χ0v) is 9.99. The lowest BCUT2D eigenvalue weighted by Crippen LogP contribution is -2.34. The van der Waals surface area contributed by atoms with E-state index in [-0.39, 0.29) is 25.5 Å². The fourth-order valence-electron chi connectivity index (χ4n) is 0.973. The summed E-state index contributed by atoms with van der Waals surface area (Å²) in [4.78, 5) is 22.4. The maximum absolute atomic E-state index is 11.3. The van der Waals surface area contributed by atoms with Gasteiger partial charge >= 0.3 is 11.9 Å². The molecular weight excluding hydrogens is 212 g/mol. The Morgan fingerprint density at radius 2 is 1.88 bits per heavy atom. The van der Waals surface area contributed by atoms with Crippen molar-refractivity contribution in [2.24, 2.45) is 11.5 Å². The summed E-state index contributed by atoms with van der Waals surface area (Å²) in [7, 11) is 0. The third-order valence-corrected chi connectivity index (χ3v) is 1.61. The second-order valence-corrected chi connectivity index (χ2v) is 4.36. The summed E-state index contributed by atoms with van der Waals surface area (Å²) >= 11 is 0. The number of hydrogen-bond donors (Lipinski definition) is 2. The summed E-state index contributed by atoms with van der Waals surface area (Å²) in [5, 5.41) is 0. The van der Waals surface area contributed by atoms with E-state index in [2.05, 4.69) is 4.74 Å². The minimum Gasteiger partial charge on any atom is -0.460 e. The van der Waals surface area contributed by atoms with Gasteiger partial charge in [-0.1, -0.05) is 0 Å². The monoisotopic (exact) mass is 232 g/mol. The molecule has 16 heavy (non-hydrogen) atoms. The zero-order valence-electron chi connectivity index (χ0n) is 9.99. The third kappa shape index (κ3) is 7.19. The molecule has 0 amide bonds. The normalized spacial score (nSPS) is 13.1. The van der Waals surface area contributed by atoms with Gasteiger partial charge in [0.1, 0.15) is 18.4 Å². The van der Waals surface area contributed by atoms with Gasteiger partial charge in [-0.05, 0) is 27.2 Å². The average molecular weight is 232 g/mol. The van der Waals surface area contributed by atoms with Crippen LogP contribution in [0.25, 0.3) is 0 Å². The van der Waals surface area contributed by atoms with Crippen LogP contribution in [-0.2, 0) is 19.1 Å². The predicted octanol–water partition coefficient (Wildman–Crippen LogP) is -0.105. The van der Waals surface area contributed by atoms with Crippen molar-refractivity contribution in [1.82, 2.24) is 0 Å². The molecule has 0 aromatic heterocycles. The first-order valence-corrected chi connectivity index (χ1v) is 5.10. The Hall–Kier alpha value is -1.14. The van der Waals surface area contributed by atoms with Crippen molar-refractivity contribution in [2.45, 2.75) is 45.3 Å². The first kappa shape index (κ1) is 14.9. The Labute approximate surface area is 95.3 Å². The molecule has 1 unspecified atom stereocenters. The van der Waals surface area contributed by atoms with Crippen molar-refractivity contribution in [3.63, 3.8) is 0 Å². The van der Waals surface area contributed by atoms with Crippen LogP contribution in [0.15, 0.2) is 0 Å². The molecule has 0 rings (SSSR count). The van der Waals surface area contributed by atoms with Crippen molar-refractivity contribution in [2.75, 3.05) is 6.73 Å². The number of ether oxygens (including phenoxy) is 2. The van der Waals surface area contributed by atoms with Crippen molar-refractivity contribution in [3.05, 3.63) is 0 Å². The molecule has 0 aromatic carbocycles. The number of carbonyl (C=O) groups is 2.